The SMILES string of the molecule is Brc1ccc(-c2nc3ccccc3o2)cc1.OB(O)c1ccc(-c2nc3ccccc3nc2-c2ccc(B(O)O)cc2)cc1.c1ccc2nc(-c3ccc(-c4ccc(-c5nc6ccccc6o5)cc4)cc3)c(-c3ccc(-c4ccc(-c5nc6ccccc6o5)cc4)cc3)nc2c1. The predicted molar refractivity (Wildman–Crippen MR) is 384 cm³/mol. The van der Waals surface area contributed by atoms with Crippen molar-refractivity contribution >= 4 is 96.5 Å². The summed E-state index contributed by atoms with van der Waals surface area (Å²) in [6.45, 7) is 0. The van der Waals surface area contributed by atoms with Gasteiger partial charge in [0, 0.05) is 43.4 Å². The Morgan fingerprint density at radius 1 is 0.219 bits per heavy atom. The Labute approximate surface area is 558 Å². The zero-order chi connectivity index (χ0) is 65.1. The molecule has 0 aliphatic carbocycles. The summed E-state index contributed by atoms with van der Waals surface area (Å²) in [5.41, 5.74) is 22.8. The Hall–Kier alpha value is -11.8. The summed E-state index contributed by atoms with van der Waals surface area (Å²) in [5, 5.41) is 37.3. The van der Waals surface area contributed by atoms with Gasteiger partial charge in [-0.15, -0.1) is 0 Å². The van der Waals surface area contributed by atoms with Gasteiger partial charge in [0.15, 0.2) is 16.7 Å². The molecule has 0 fully saturated rings. The highest BCUT2D eigenvalue weighted by molar-refractivity contribution is 9.10. The van der Waals surface area contributed by atoms with Gasteiger partial charge in [-0.2, -0.15) is 0 Å². The fourth-order valence-electron chi connectivity index (χ4n) is 11.3. The summed E-state index contributed by atoms with van der Waals surface area (Å²) in [5.74, 6) is 1.90. The Bertz CT molecular complexity index is 5210. The molecule has 0 amide bonds. The van der Waals surface area contributed by atoms with Gasteiger partial charge in [-0.05, 0) is 142 Å². The van der Waals surface area contributed by atoms with Crippen molar-refractivity contribution < 1.29 is 33.3 Å². The van der Waals surface area contributed by atoms with E-state index in [0.717, 1.165) is 132 Å². The first-order valence-corrected chi connectivity index (χ1v) is 31.6. The number of oxazole rings is 3. The molecule has 0 bridgehead atoms. The van der Waals surface area contributed by atoms with E-state index in [1.807, 2.05) is 146 Å². The minimum absolute atomic E-state index is 0.389. The summed E-state index contributed by atoms with van der Waals surface area (Å²) in [6.07, 6.45) is 0. The maximum atomic E-state index is 9.32. The quantitative estimate of drug-likeness (QED) is 0.0888. The molecule has 5 heterocycles. The highest BCUT2D eigenvalue weighted by Gasteiger charge is 2.20. The normalized spacial score (nSPS) is 11.2. The number of hydrogen-bond donors (Lipinski definition) is 4. The van der Waals surface area contributed by atoms with Gasteiger partial charge in [-0.3, -0.25) is 0 Å². The average molecular weight is 1310 g/mol. The molecular weight excluding hydrogens is 1260 g/mol. The number of benzene rings is 12. The van der Waals surface area contributed by atoms with Gasteiger partial charge in [0.2, 0.25) is 17.7 Å². The van der Waals surface area contributed by atoms with Crippen LogP contribution in [0.5, 0.6) is 0 Å². The van der Waals surface area contributed by atoms with Crippen LogP contribution in [0.15, 0.2) is 309 Å². The van der Waals surface area contributed by atoms with Crippen LogP contribution in [0.2, 0.25) is 0 Å². The fraction of sp³-hybridized carbons (Fsp3) is 0. The number of para-hydroxylation sites is 10. The van der Waals surface area contributed by atoms with E-state index >= 15 is 0 Å². The van der Waals surface area contributed by atoms with Crippen molar-refractivity contribution in [1.29, 1.82) is 0 Å². The molecule has 14 nitrogen and oxygen atoms in total. The summed E-state index contributed by atoms with van der Waals surface area (Å²) in [4.78, 5) is 33.5. The molecular formula is C79H52B2BrN7O7. The van der Waals surface area contributed by atoms with Gasteiger partial charge in [-0.25, -0.2) is 34.9 Å². The van der Waals surface area contributed by atoms with Gasteiger partial charge in [0.05, 0.1) is 44.8 Å². The molecule has 17 rings (SSSR count). The van der Waals surface area contributed by atoms with Crippen LogP contribution < -0.4 is 10.9 Å². The van der Waals surface area contributed by atoms with E-state index in [4.69, 9.17) is 33.2 Å². The summed E-state index contributed by atoms with van der Waals surface area (Å²) >= 11 is 3.40. The van der Waals surface area contributed by atoms with Gasteiger partial charge >= 0.3 is 14.2 Å². The maximum Gasteiger partial charge on any atom is 0.488 e. The van der Waals surface area contributed by atoms with Crippen molar-refractivity contribution in [1.82, 2.24) is 34.9 Å². The van der Waals surface area contributed by atoms with Crippen LogP contribution in [0.4, 0.5) is 0 Å². The van der Waals surface area contributed by atoms with Crippen molar-refractivity contribution in [2.24, 2.45) is 0 Å². The average Bonchev–Trinajstić information content (AvgIpc) is 1.23. The van der Waals surface area contributed by atoms with Crippen LogP contribution in [0.3, 0.4) is 0 Å². The van der Waals surface area contributed by atoms with Crippen molar-refractivity contribution in [2.45, 2.75) is 0 Å². The third kappa shape index (κ3) is 12.9. The van der Waals surface area contributed by atoms with Crippen molar-refractivity contribution in [3.05, 3.63) is 296 Å². The molecule has 0 unspecified atom stereocenters. The third-order valence-electron chi connectivity index (χ3n) is 16.3. The van der Waals surface area contributed by atoms with Crippen molar-refractivity contribution in [3.8, 4) is 102 Å². The standard InChI is InChI=1S/C46H28N4O2.C20H16B2N2O4.C13H8BrNO/c1-2-8-38-37(7-1)47-43(33-21-13-29(14-22-33)31-17-25-35(26-18-31)45-49-39-9-3-5-11-41(39)51-45)44(48-38)34-23-15-30(16-24-34)32-19-27-36(28-20-32)46-50-40-10-4-6-12-42(40)52-46;25-21(26)15-9-5-13(6-10-15)19-20(14-7-11-16(12-8-14)22(27)28)24-18-4-2-1-3-17(18)23-19;14-10-7-5-9(6-8-10)13-15-11-3-1-2-4-12(11)16-13/h1-28H;1-12,25-28H;1-8H. The van der Waals surface area contributed by atoms with Crippen molar-refractivity contribution in [2.75, 3.05) is 0 Å². The summed E-state index contributed by atoms with van der Waals surface area (Å²) < 4.78 is 18.7. The molecule has 458 valence electrons. The van der Waals surface area contributed by atoms with Crippen LogP contribution in [-0.4, -0.2) is 69.2 Å². The summed E-state index contributed by atoms with van der Waals surface area (Å²) in [7, 11) is -3.07. The molecule has 0 saturated heterocycles. The fourth-order valence-corrected chi connectivity index (χ4v) is 11.5. The van der Waals surface area contributed by atoms with Crippen LogP contribution in [-0.2, 0) is 0 Å². The van der Waals surface area contributed by atoms with E-state index in [-0.39, 0.29) is 0 Å². The number of halogens is 1. The number of fused-ring (bicyclic) bond motifs is 5. The van der Waals surface area contributed by atoms with Crippen LogP contribution in [0.25, 0.3) is 157 Å². The molecule has 0 aliphatic rings. The van der Waals surface area contributed by atoms with E-state index in [9.17, 15) is 20.1 Å². The molecule has 0 aliphatic heterocycles. The van der Waals surface area contributed by atoms with E-state index in [2.05, 4.69) is 128 Å². The first kappa shape index (κ1) is 60.4. The number of rotatable bonds is 11. The number of aromatic nitrogens is 7. The Balaban J connectivity index is 0.000000142. The second-order valence-electron chi connectivity index (χ2n) is 22.6. The lowest BCUT2D eigenvalue weighted by Crippen LogP contribution is -2.29. The lowest BCUT2D eigenvalue weighted by Gasteiger charge is -2.12. The maximum absolute atomic E-state index is 9.32. The Morgan fingerprint density at radius 3 is 0.677 bits per heavy atom. The molecule has 17 heteroatoms. The second-order valence-corrected chi connectivity index (χ2v) is 23.5. The summed E-state index contributed by atoms with van der Waals surface area (Å²) in [6, 6.07) is 94.1. The van der Waals surface area contributed by atoms with Crippen LogP contribution in [0, 0.1) is 0 Å². The predicted octanol–water partition coefficient (Wildman–Crippen LogP) is 16.5. The minimum atomic E-state index is -1.53. The number of hydrogen-bond acceptors (Lipinski definition) is 14. The van der Waals surface area contributed by atoms with Crippen LogP contribution >= 0.6 is 15.9 Å². The lowest BCUT2D eigenvalue weighted by atomic mass is 9.79. The lowest BCUT2D eigenvalue weighted by molar-refractivity contribution is 0.424. The van der Waals surface area contributed by atoms with Gasteiger partial charge in [0.1, 0.15) is 16.6 Å². The van der Waals surface area contributed by atoms with Crippen molar-refractivity contribution in [3.63, 3.8) is 0 Å². The van der Waals surface area contributed by atoms with E-state index in [1.54, 1.807) is 48.5 Å². The topological polar surface area (TPSA) is 211 Å². The molecule has 17 aromatic rings. The largest absolute Gasteiger partial charge is 0.488 e. The van der Waals surface area contributed by atoms with Gasteiger partial charge in [-0.1, -0.05) is 198 Å². The smallest absolute Gasteiger partial charge is 0.436 e. The first-order chi connectivity index (χ1) is 47.1. The molecule has 0 saturated carbocycles. The Kier molecular flexibility index (Phi) is 16.8. The van der Waals surface area contributed by atoms with E-state index in [1.165, 1.54) is 0 Å². The highest BCUT2D eigenvalue weighted by atomic mass is 79.9. The minimum Gasteiger partial charge on any atom is -0.436 e. The van der Waals surface area contributed by atoms with Crippen LogP contribution in [0.1, 0.15) is 0 Å². The second kappa shape index (κ2) is 26.7. The monoisotopic (exact) mass is 1310 g/mol. The number of nitrogens with zero attached hydrogens (tertiary/aromatic N) is 7. The van der Waals surface area contributed by atoms with Gasteiger partial charge < -0.3 is 33.3 Å². The van der Waals surface area contributed by atoms with Gasteiger partial charge in [0.25, 0.3) is 0 Å². The van der Waals surface area contributed by atoms with E-state index < -0.39 is 14.2 Å². The zero-order valence-corrected chi connectivity index (χ0v) is 52.5. The molecule has 5 aromatic heterocycles. The molecule has 12 aromatic carbocycles. The third-order valence-corrected chi connectivity index (χ3v) is 16.9. The molecule has 4 N–H and O–H groups in total. The molecule has 0 spiro atoms. The van der Waals surface area contributed by atoms with E-state index in [0.29, 0.717) is 40.0 Å². The molecule has 0 atom stereocenters. The first-order valence-electron chi connectivity index (χ1n) is 30.8. The Morgan fingerprint density at radius 2 is 0.427 bits per heavy atom. The highest BCUT2D eigenvalue weighted by Crippen LogP contribution is 2.37. The molecule has 96 heavy (non-hydrogen) atoms. The molecule has 0 radical (unpaired) electrons. The zero-order valence-electron chi connectivity index (χ0n) is 50.9.